The number of carbonyl (C=O) groups excluding carboxylic acids is 1. The van der Waals surface area contributed by atoms with Crippen molar-refractivity contribution in [3.63, 3.8) is 0 Å². The number of hydrogen-bond donors (Lipinski definition) is 2. The van der Waals surface area contributed by atoms with E-state index >= 15 is 0 Å². The van der Waals surface area contributed by atoms with Crippen LogP contribution in [0.1, 0.15) is 6.92 Å². The van der Waals surface area contributed by atoms with Gasteiger partial charge < -0.3 is 11.1 Å². The van der Waals surface area contributed by atoms with Gasteiger partial charge in [0.25, 0.3) is 0 Å². The summed E-state index contributed by atoms with van der Waals surface area (Å²) in [5, 5.41) is 13.0. The van der Waals surface area contributed by atoms with Gasteiger partial charge in [-0.3, -0.25) is 4.79 Å². The summed E-state index contributed by atoms with van der Waals surface area (Å²) in [6.45, 7) is 2.40. The number of nitrogens with zero attached hydrogens (tertiary/aromatic N) is 4. The molecule has 0 fully saturated rings. The molecule has 1 atom stereocenters. The van der Waals surface area contributed by atoms with Crippen molar-refractivity contribution in [2.24, 2.45) is 5.73 Å². The van der Waals surface area contributed by atoms with E-state index in [0.717, 1.165) is 0 Å². The van der Waals surface area contributed by atoms with Crippen molar-refractivity contribution in [2.45, 2.75) is 19.5 Å². The van der Waals surface area contributed by atoms with Crippen LogP contribution in [0.4, 0.5) is 0 Å². The SMILES string of the molecule is CC(N)CNC(=O)Cn1cnnn1. The first-order chi connectivity index (χ1) is 6.18. The molecule has 0 bridgehead atoms. The van der Waals surface area contributed by atoms with Crippen LogP contribution >= 0.6 is 0 Å². The minimum Gasteiger partial charge on any atom is -0.353 e. The third-order valence-corrected chi connectivity index (χ3v) is 1.32. The van der Waals surface area contributed by atoms with Crippen LogP contribution in [0.3, 0.4) is 0 Å². The van der Waals surface area contributed by atoms with Gasteiger partial charge >= 0.3 is 0 Å². The fraction of sp³-hybridized carbons (Fsp3) is 0.667. The zero-order valence-electron chi connectivity index (χ0n) is 7.34. The highest BCUT2D eigenvalue weighted by Crippen LogP contribution is 1.78. The van der Waals surface area contributed by atoms with Crippen molar-refractivity contribution in [1.29, 1.82) is 0 Å². The minimum absolute atomic E-state index is 0.0437. The summed E-state index contributed by atoms with van der Waals surface area (Å²) in [5.74, 6) is -0.149. The molecule has 0 aromatic carbocycles. The molecule has 0 saturated heterocycles. The fourth-order valence-corrected chi connectivity index (χ4v) is 0.731. The summed E-state index contributed by atoms with van der Waals surface area (Å²) < 4.78 is 1.34. The van der Waals surface area contributed by atoms with Gasteiger partial charge in [-0.2, -0.15) is 0 Å². The summed E-state index contributed by atoms with van der Waals surface area (Å²) >= 11 is 0. The van der Waals surface area contributed by atoms with Gasteiger partial charge in [0.15, 0.2) is 0 Å². The van der Waals surface area contributed by atoms with Crippen molar-refractivity contribution in [3.8, 4) is 0 Å². The molecule has 0 saturated carbocycles. The zero-order valence-corrected chi connectivity index (χ0v) is 7.34. The molecule has 13 heavy (non-hydrogen) atoms. The molecule has 0 aliphatic carbocycles. The average Bonchev–Trinajstić information content (AvgIpc) is 2.53. The molecule has 0 aliphatic rings. The van der Waals surface area contributed by atoms with Crippen molar-refractivity contribution in [1.82, 2.24) is 25.5 Å². The second-order valence-electron chi connectivity index (χ2n) is 2.79. The van der Waals surface area contributed by atoms with Crippen LogP contribution in [-0.2, 0) is 11.3 Å². The molecule has 7 nitrogen and oxygen atoms in total. The van der Waals surface area contributed by atoms with E-state index in [4.69, 9.17) is 5.73 Å². The normalized spacial score (nSPS) is 12.5. The molecule has 1 aromatic heterocycles. The predicted octanol–water partition coefficient (Wildman–Crippen LogP) is -1.86. The lowest BCUT2D eigenvalue weighted by atomic mass is 10.3. The van der Waals surface area contributed by atoms with Gasteiger partial charge in [-0.1, -0.05) is 0 Å². The molecule has 7 heteroatoms. The molecule has 1 unspecified atom stereocenters. The Morgan fingerprint density at radius 3 is 3.08 bits per heavy atom. The van der Waals surface area contributed by atoms with E-state index in [2.05, 4.69) is 20.8 Å². The Bertz CT molecular complexity index is 256. The van der Waals surface area contributed by atoms with Gasteiger partial charge in [0.05, 0.1) is 0 Å². The molecule has 0 spiro atoms. The van der Waals surface area contributed by atoms with Crippen molar-refractivity contribution < 1.29 is 4.79 Å². The molecular weight excluding hydrogens is 172 g/mol. The predicted molar refractivity (Wildman–Crippen MR) is 44.5 cm³/mol. The van der Waals surface area contributed by atoms with Crippen molar-refractivity contribution in [3.05, 3.63) is 6.33 Å². The first-order valence-electron chi connectivity index (χ1n) is 3.91. The van der Waals surface area contributed by atoms with Gasteiger partial charge in [0.1, 0.15) is 12.9 Å². The second kappa shape index (κ2) is 4.51. The number of amides is 1. The average molecular weight is 184 g/mol. The molecule has 0 aliphatic heterocycles. The van der Waals surface area contributed by atoms with Crippen LogP contribution in [0, 0.1) is 0 Å². The lowest BCUT2D eigenvalue weighted by molar-refractivity contribution is -0.121. The Hall–Kier alpha value is -1.50. The number of nitrogens with one attached hydrogen (secondary N) is 1. The van der Waals surface area contributed by atoms with Gasteiger partial charge in [-0.25, -0.2) is 4.68 Å². The van der Waals surface area contributed by atoms with Crippen LogP contribution in [0.5, 0.6) is 0 Å². The van der Waals surface area contributed by atoms with Crippen LogP contribution in [0.2, 0.25) is 0 Å². The van der Waals surface area contributed by atoms with Crippen molar-refractivity contribution in [2.75, 3.05) is 6.54 Å². The number of aromatic nitrogens is 4. The van der Waals surface area contributed by atoms with E-state index in [-0.39, 0.29) is 18.5 Å². The highest BCUT2D eigenvalue weighted by atomic mass is 16.2. The molecule has 1 heterocycles. The molecule has 1 amide bonds. The summed E-state index contributed by atoms with van der Waals surface area (Å²) in [6, 6.07) is -0.0437. The first kappa shape index (κ1) is 9.59. The summed E-state index contributed by atoms with van der Waals surface area (Å²) in [4.78, 5) is 11.1. The number of tetrazole rings is 1. The molecular formula is C6H12N6O. The van der Waals surface area contributed by atoms with Gasteiger partial charge in [0.2, 0.25) is 5.91 Å². The number of hydrogen-bond acceptors (Lipinski definition) is 5. The third-order valence-electron chi connectivity index (χ3n) is 1.32. The first-order valence-corrected chi connectivity index (χ1v) is 3.91. The lowest BCUT2D eigenvalue weighted by Crippen LogP contribution is -2.37. The highest BCUT2D eigenvalue weighted by molar-refractivity contribution is 5.75. The Labute approximate surface area is 75.3 Å². The minimum atomic E-state index is -0.149. The molecule has 1 aromatic rings. The summed E-state index contributed by atoms with van der Waals surface area (Å²) in [7, 11) is 0. The van der Waals surface area contributed by atoms with Crippen LogP contribution in [0.25, 0.3) is 0 Å². The Morgan fingerprint density at radius 2 is 2.54 bits per heavy atom. The fourth-order valence-electron chi connectivity index (χ4n) is 0.731. The quantitative estimate of drug-likeness (QED) is 0.571. The maximum Gasteiger partial charge on any atom is 0.241 e. The molecule has 1 rings (SSSR count). The maximum atomic E-state index is 11.1. The third kappa shape index (κ3) is 3.61. The topological polar surface area (TPSA) is 98.7 Å². The molecule has 0 radical (unpaired) electrons. The largest absolute Gasteiger partial charge is 0.353 e. The van der Waals surface area contributed by atoms with Crippen LogP contribution in [-0.4, -0.2) is 38.7 Å². The molecule has 72 valence electrons. The Balaban J connectivity index is 2.26. The van der Waals surface area contributed by atoms with Crippen molar-refractivity contribution >= 4 is 5.91 Å². The summed E-state index contributed by atoms with van der Waals surface area (Å²) in [5.41, 5.74) is 5.45. The number of rotatable bonds is 4. The second-order valence-corrected chi connectivity index (χ2v) is 2.79. The van der Waals surface area contributed by atoms with E-state index in [1.54, 1.807) is 0 Å². The highest BCUT2D eigenvalue weighted by Gasteiger charge is 2.03. The molecule has 3 N–H and O–H groups in total. The monoisotopic (exact) mass is 184 g/mol. The van der Waals surface area contributed by atoms with E-state index in [9.17, 15) is 4.79 Å². The standard InChI is InChI=1S/C6H12N6O/c1-5(7)2-8-6(13)3-12-4-9-10-11-12/h4-5H,2-3,7H2,1H3,(H,8,13). The van der Waals surface area contributed by atoms with E-state index in [1.807, 2.05) is 6.92 Å². The van der Waals surface area contributed by atoms with Crippen LogP contribution in [0.15, 0.2) is 6.33 Å². The maximum absolute atomic E-state index is 11.1. The van der Waals surface area contributed by atoms with Crippen LogP contribution < -0.4 is 11.1 Å². The Morgan fingerprint density at radius 1 is 1.77 bits per heavy atom. The smallest absolute Gasteiger partial charge is 0.241 e. The Kier molecular flexibility index (Phi) is 3.32. The summed E-state index contributed by atoms with van der Waals surface area (Å²) in [6.07, 6.45) is 1.38. The van der Waals surface area contributed by atoms with Gasteiger partial charge in [-0.15, -0.1) is 5.10 Å². The number of nitrogens with two attached hydrogens (primary N) is 1. The van der Waals surface area contributed by atoms with E-state index in [1.165, 1.54) is 11.0 Å². The van der Waals surface area contributed by atoms with Gasteiger partial charge in [0, 0.05) is 12.6 Å². The number of carbonyl (C=O) groups is 1. The lowest BCUT2D eigenvalue weighted by Gasteiger charge is -2.06. The van der Waals surface area contributed by atoms with E-state index < -0.39 is 0 Å². The zero-order chi connectivity index (χ0) is 9.68. The van der Waals surface area contributed by atoms with Gasteiger partial charge in [-0.05, 0) is 17.4 Å². The van der Waals surface area contributed by atoms with E-state index in [0.29, 0.717) is 6.54 Å².